The van der Waals surface area contributed by atoms with Gasteiger partial charge in [0.15, 0.2) is 6.10 Å². The predicted octanol–water partition coefficient (Wildman–Crippen LogP) is 2.89. The Balaban J connectivity index is 1.62. The van der Waals surface area contributed by atoms with Gasteiger partial charge in [-0.25, -0.2) is 9.59 Å². The number of carbonyl (C=O) groups is 3. The van der Waals surface area contributed by atoms with Gasteiger partial charge in [-0.15, -0.1) is 0 Å². The van der Waals surface area contributed by atoms with Crippen molar-refractivity contribution in [1.29, 1.82) is 0 Å². The molecule has 0 heterocycles. The van der Waals surface area contributed by atoms with E-state index in [9.17, 15) is 19.5 Å². The normalized spacial score (nSPS) is 14.5. The van der Waals surface area contributed by atoms with Crippen LogP contribution in [0.2, 0.25) is 0 Å². The van der Waals surface area contributed by atoms with Gasteiger partial charge in [0, 0.05) is 18.9 Å². The number of rotatable bonds is 8. The molecule has 0 radical (unpaired) electrons. The van der Waals surface area contributed by atoms with Crippen LogP contribution < -0.4 is 10.6 Å². The van der Waals surface area contributed by atoms with Crippen molar-refractivity contribution in [2.75, 3.05) is 13.2 Å². The largest absolute Gasteiger partial charge is 0.479 e. The van der Waals surface area contributed by atoms with E-state index in [-0.39, 0.29) is 25.5 Å². The van der Waals surface area contributed by atoms with Gasteiger partial charge in [0.25, 0.3) is 0 Å². The average molecular weight is 455 g/mol. The molecular formula is C25H30N2O6. The molecule has 1 aliphatic carbocycles. The number of amides is 2. The number of ether oxygens (including phenoxy) is 1. The van der Waals surface area contributed by atoms with Gasteiger partial charge in [-0.05, 0) is 27.7 Å². The molecule has 2 aromatic carbocycles. The summed E-state index contributed by atoms with van der Waals surface area (Å²) in [6.45, 7) is 5.49. The van der Waals surface area contributed by atoms with Crippen LogP contribution in [0.4, 0.5) is 4.79 Å². The van der Waals surface area contributed by atoms with Crippen LogP contribution in [-0.2, 0) is 14.3 Å². The molecule has 2 aromatic rings. The number of benzene rings is 2. The van der Waals surface area contributed by atoms with Crippen LogP contribution in [0, 0.1) is 5.41 Å². The van der Waals surface area contributed by atoms with E-state index in [0.717, 1.165) is 22.3 Å². The Morgan fingerprint density at radius 2 is 1.55 bits per heavy atom. The molecule has 0 spiro atoms. The molecule has 176 valence electrons. The highest BCUT2D eigenvalue weighted by atomic mass is 16.5. The summed E-state index contributed by atoms with van der Waals surface area (Å²) < 4.78 is 5.54. The van der Waals surface area contributed by atoms with E-state index in [4.69, 9.17) is 9.84 Å². The zero-order valence-electron chi connectivity index (χ0n) is 19.0. The Labute approximate surface area is 193 Å². The number of carbonyl (C=O) groups excluding carboxylic acids is 2. The first-order valence-electron chi connectivity index (χ1n) is 10.9. The molecule has 8 nitrogen and oxygen atoms in total. The zero-order chi connectivity index (χ0) is 24.2. The fourth-order valence-corrected chi connectivity index (χ4v) is 3.99. The molecule has 0 saturated carbocycles. The summed E-state index contributed by atoms with van der Waals surface area (Å²) in [7, 11) is 0. The number of aliphatic carboxylic acids is 1. The monoisotopic (exact) mass is 454 g/mol. The van der Waals surface area contributed by atoms with Gasteiger partial charge in [-0.3, -0.25) is 4.79 Å². The molecule has 0 fully saturated rings. The minimum Gasteiger partial charge on any atom is -0.479 e. The first-order valence-corrected chi connectivity index (χ1v) is 10.9. The highest BCUT2D eigenvalue weighted by Crippen LogP contribution is 2.44. The van der Waals surface area contributed by atoms with Crippen LogP contribution in [-0.4, -0.2) is 53.5 Å². The predicted molar refractivity (Wildman–Crippen MR) is 123 cm³/mol. The number of aliphatic hydroxyl groups excluding tert-OH is 1. The smallest absolute Gasteiger partial charge is 0.407 e. The summed E-state index contributed by atoms with van der Waals surface area (Å²) in [4.78, 5) is 36.0. The third-order valence-electron chi connectivity index (χ3n) is 5.74. The minimum atomic E-state index is -1.56. The van der Waals surface area contributed by atoms with E-state index in [2.05, 4.69) is 22.8 Å². The summed E-state index contributed by atoms with van der Waals surface area (Å²) in [6, 6.07) is 15.1. The summed E-state index contributed by atoms with van der Waals surface area (Å²) in [5.74, 6) is -1.93. The van der Waals surface area contributed by atoms with Crippen molar-refractivity contribution in [3.63, 3.8) is 0 Å². The van der Waals surface area contributed by atoms with Crippen LogP contribution >= 0.6 is 0 Å². The molecule has 1 aliphatic rings. The van der Waals surface area contributed by atoms with E-state index in [1.807, 2.05) is 36.4 Å². The topological polar surface area (TPSA) is 125 Å². The van der Waals surface area contributed by atoms with Gasteiger partial charge in [0.2, 0.25) is 5.91 Å². The molecule has 2 amide bonds. The average Bonchev–Trinajstić information content (AvgIpc) is 3.08. The van der Waals surface area contributed by atoms with Gasteiger partial charge in [-0.1, -0.05) is 69.3 Å². The van der Waals surface area contributed by atoms with Crippen molar-refractivity contribution in [2.24, 2.45) is 5.41 Å². The third kappa shape index (κ3) is 5.70. The maximum Gasteiger partial charge on any atom is 0.407 e. The summed E-state index contributed by atoms with van der Waals surface area (Å²) in [5, 5.41) is 23.3. The van der Waals surface area contributed by atoms with E-state index < -0.39 is 35.5 Å². The third-order valence-corrected chi connectivity index (χ3v) is 5.74. The maximum absolute atomic E-state index is 12.7. The van der Waals surface area contributed by atoms with E-state index >= 15 is 0 Å². The van der Waals surface area contributed by atoms with Crippen molar-refractivity contribution < 1.29 is 29.3 Å². The first-order chi connectivity index (χ1) is 15.6. The zero-order valence-corrected chi connectivity index (χ0v) is 19.0. The van der Waals surface area contributed by atoms with Crippen molar-refractivity contribution in [3.8, 4) is 11.1 Å². The number of carboxylic acid groups (broad SMARTS) is 1. The highest BCUT2D eigenvalue weighted by Gasteiger charge is 2.34. The lowest BCUT2D eigenvalue weighted by Crippen LogP contribution is -2.54. The van der Waals surface area contributed by atoms with Crippen molar-refractivity contribution in [1.82, 2.24) is 10.6 Å². The molecule has 0 bridgehead atoms. The minimum absolute atomic E-state index is 0.0365. The van der Waals surface area contributed by atoms with E-state index in [0.29, 0.717) is 0 Å². The van der Waals surface area contributed by atoms with Crippen LogP contribution in [0.15, 0.2) is 48.5 Å². The Morgan fingerprint density at radius 1 is 1.00 bits per heavy atom. The van der Waals surface area contributed by atoms with Gasteiger partial charge in [0.1, 0.15) is 12.6 Å². The van der Waals surface area contributed by atoms with E-state index in [1.165, 1.54) is 0 Å². The molecule has 8 heteroatoms. The second-order valence-electron chi connectivity index (χ2n) is 9.20. The summed E-state index contributed by atoms with van der Waals surface area (Å²) >= 11 is 0. The van der Waals surface area contributed by atoms with Crippen LogP contribution in [0.25, 0.3) is 11.1 Å². The molecule has 0 aliphatic heterocycles. The quantitative estimate of drug-likeness (QED) is 0.486. The number of fused-ring (bicyclic) bond motifs is 3. The Bertz CT molecular complexity index is 984. The molecule has 0 aromatic heterocycles. The second kappa shape index (κ2) is 10.0. The van der Waals surface area contributed by atoms with Gasteiger partial charge in [-0.2, -0.15) is 0 Å². The van der Waals surface area contributed by atoms with E-state index in [1.54, 1.807) is 20.8 Å². The van der Waals surface area contributed by atoms with Crippen LogP contribution in [0.1, 0.15) is 44.2 Å². The number of aliphatic hydroxyl groups is 1. The van der Waals surface area contributed by atoms with Gasteiger partial charge >= 0.3 is 12.1 Å². The number of alkyl carbamates (subject to hydrolysis) is 1. The SMILES string of the molecule is CC(C)(C)[C@H](NC(=O)OCC1c2ccccc2-c2ccccc21)C(=O)NCC[C@H](O)C(=O)O. The van der Waals surface area contributed by atoms with Gasteiger partial charge < -0.3 is 25.6 Å². The van der Waals surface area contributed by atoms with Gasteiger partial charge in [0.05, 0.1) is 0 Å². The first kappa shape index (κ1) is 24.3. The van der Waals surface area contributed by atoms with Crippen molar-refractivity contribution in [3.05, 3.63) is 59.7 Å². The van der Waals surface area contributed by atoms with Crippen LogP contribution in [0.5, 0.6) is 0 Å². The molecule has 0 saturated heterocycles. The molecule has 4 N–H and O–H groups in total. The Morgan fingerprint density at radius 3 is 2.06 bits per heavy atom. The maximum atomic E-state index is 12.7. The molecule has 3 rings (SSSR count). The van der Waals surface area contributed by atoms with Crippen LogP contribution in [0.3, 0.4) is 0 Å². The van der Waals surface area contributed by atoms with Crippen molar-refractivity contribution in [2.45, 2.75) is 45.3 Å². The van der Waals surface area contributed by atoms with Crippen molar-refractivity contribution >= 4 is 18.0 Å². The number of carboxylic acids is 1. The number of hydrogen-bond acceptors (Lipinski definition) is 5. The summed E-state index contributed by atoms with van der Waals surface area (Å²) in [5.41, 5.74) is 3.80. The lowest BCUT2D eigenvalue weighted by molar-refractivity contribution is -0.147. The fraction of sp³-hybridized carbons (Fsp3) is 0.400. The molecule has 0 unspecified atom stereocenters. The fourth-order valence-electron chi connectivity index (χ4n) is 3.99. The molecular weight excluding hydrogens is 424 g/mol. The Kier molecular flexibility index (Phi) is 7.38. The molecule has 33 heavy (non-hydrogen) atoms. The lowest BCUT2D eigenvalue weighted by atomic mass is 9.86. The second-order valence-corrected chi connectivity index (χ2v) is 9.20. The number of hydrogen-bond donors (Lipinski definition) is 4. The highest BCUT2D eigenvalue weighted by molar-refractivity contribution is 5.86. The molecule has 2 atom stereocenters. The lowest BCUT2D eigenvalue weighted by Gasteiger charge is -2.30. The standard InChI is InChI=1S/C25H30N2O6/c1-25(2,3)21(22(29)26-13-12-20(28)23(30)31)27-24(32)33-14-19-17-10-6-4-8-15(17)16-9-5-7-11-18(16)19/h4-11,19-21,28H,12-14H2,1-3H3,(H,26,29)(H,27,32)(H,30,31)/t20-,21+/m0/s1. The number of nitrogens with one attached hydrogen (secondary N) is 2. The Hall–Kier alpha value is -3.39. The summed E-state index contributed by atoms with van der Waals surface area (Å²) in [6.07, 6.45) is -2.41.